The zero-order valence-corrected chi connectivity index (χ0v) is 12.5. The van der Waals surface area contributed by atoms with E-state index in [2.05, 4.69) is 41.7 Å². The molecule has 108 valence electrons. The van der Waals surface area contributed by atoms with Crippen molar-refractivity contribution >= 4 is 6.03 Å². The van der Waals surface area contributed by atoms with Gasteiger partial charge in [0.25, 0.3) is 0 Å². The average Bonchev–Trinajstić information content (AvgIpc) is 2.87. The second-order valence-corrected chi connectivity index (χ2v) is 5.89. The highest BCUT2D eigenvalue weighted by Gasteiger charge is 2.40. The Kier molecular flexibility index (Phi) is 3.42. The summed E-state index contributed by atoms with van der Waals surface area (Å²) in [6.45, 7) is 0. The topological polar surface area (TPSA) is 32.3 Å². The zero-order valence-electron chi connectivity index (χ0n) is 12.5. The molecule has 2 amide bonds. The lowest BCUT2D eigenvalue weighted by molar-refractivity contribution is 0.201. The monoisotopic (exact) mass is 280 g/mol. The smallest absolute Gasteiger partial charge is 0.317 e. The van der Waals surface area contributed by atoms with Crippen LogP contribution in [0, 0.1) is 0 Å². The normalized spacial score (nSPS) is 15.3. The number of rotatable bonds is 2. The van der Waals surface area contributed by atoms with Crippen molar-refractivity contribution in [3.63, 3.8) is 0 Å². The van der Waals surface area contributed by atoms with Gasteiger partial charge in [-0.15, -0.1) is 0 Å². The van der Waals surface area contributed by atoms with E-state index in [1.165, 1.54) is 11.1 Å². The third-order valence-electron chi connectivity index (χ3n) is 4.18. The first-order valence-corrected chi connectivity index (χ1v) is 7.22. The molecule has 0 radical (unpaired) electrons. The fourth-order valence-corrected chi connectivity index (χ4v) is 3.05. The number of fused-ring (bicyclic) bond motifs is 1. The van der Waals surface area contributed by atoms with Gasteiger partial charge in [0.1, 0.15) is 0 Å². The van der Waals surface area contributed by atoms with Crippen LogP contribution < -0.4 is 5.32 Å². The molecule has 2 aromatic carbocycles. The van der Waals surface area contributed by atoms with E-state index < -0.39 is 0 Å². The summed E-state index contributed by atoms with van der Waals surface area (Å²) in [7, 11) is 3.55. The van der Waals surface area contributed by atoms with Crippen molar-refractivity contribution in [3.8, 4) is 0 Å². The molecular weight excluding hydrogens is 260 g/mol. The number of nitrogens with one attached hydrogen (secondary N) is 1. The molecule has 0 aromatic heterocycles. The van der Waals surface area contributed by atoms with E-state index in [-0.39, 0.29) is 11.6 Å². The zero-order chi connectivity index (χ0) is 14.9. The molecule has 0 spiro atoms. The Morgan fingerprint density at radius 3 is 2.00 bits per heavy atom. The third kappa shape index (κ3) is 2.51. The van der Waals surface area contributed by atoms with Crippen LogP contribution in [0.2, 0.25) is 0 Å². The molecule has 0 heterocycles. The molecule has 1 aliphatic rings. The van der Waals surface area contributed by atoms with Gasteiger partial charge in [-0.05, 0) is 16.7 Å². The summed E-state index contributed by atoms with van der Waals surface area (Å²) in [6.07, 6.45) is 1.68. The molecule has 0 saturated carbocycles. The van der Waals surface area contributed by atoms with Gasteiger partial charge < -0.3 is 10.2 Å². The van der Waals surface area contributed by atoms with E-state index in [0.29, 0.717) is 0 Å². The second-order valence-electron chi connectivity index (χ2n) is 5.89. The third-order valence-corrected chi connectivity index (χ3v) is 4.18. The number of nitrogens with zero attached hydrogens (tertiary/aromatic N) is 1. The van der Waals surface area contributed by atoms with Crippen molar-refractivity contribution in [2.45, 2.75) is 18.4 Å². The number of hydrogen-bond donors (Lipinski definition) is 1. The van der Waals surface area contributed by atoms with Gasteiger partial charge >= 0.3 is 6.03 Å². The predicted molar refractivity (Wildman–Crippen MR) is 84.2 cm³/mol. The molecule has 0 fully saturated rings. The molecular formula is C18H20N2O. The van der Waals surface area contributed by atoms with Gasteiger partial charge in [0.15, 0.2) is 0 Å². The Bertz CT molecular complexity index is 624. The molecule has 3 rings (SSSR count). The highest BCUT2D eigenvalue weighted by atomic mass is 16.2. The first-order valence-electron chi connectivity index (χ1n) is 7.22. The van der Waals surface area contributed by atoms with Gasteiger partial charge in [0, 0.05) is 26.9 Å². The molecule has 3 nitrogen and oxygen atoms in total. The summed E-state index contributed by atoms with van der Waals surface area (Å²) in [5, 5.41) is 3.24. The molecule has 0 aliphatic heterocycles. The van der Waals surface area contributed by atoms with Crippen LogP contribution in [-0.4, -0.2) is 25.0 Å². The number of carbonyl (C=O) groups is 1. The molecule has 1 aliphatic carbocycles. The Morgan fingerprint density at radius 2 is 1.48 bits per heavy atom. The van der Waals surface area contributed by atoms with Crippen LogP contribution in [0.15, 0.2) is 54.6 Å². The van der Waals surface area contributed by atoms with E-state index >= 15 is 0 Å². The number of amides is 2. The maximum absolute atomic E-state index is 12.2. The summed E-state index contributed by atoms with van der Waals surface area (Å²) in [5.41, 5.74) is 3.46. The molecule has 2 aromatic rings. The lowest BCUT2D eigenvalue weighted by Crippen LogP contribution is -2.50. The molecule has 0 saturated heterocycles. The van der Waals surface area contributed by atoms with Gasteiger partial charge in [0.05, 0.1) is 5.54 Å². The van der Waals surface area contributed by atoms with Crippen molar-refractivity contribution in [1.82, 2.24) is 10.2 Å². The minimum Gasteiger partial charge on any atom is -0.331 e. The minimum atomic E-state index is -0.341. The van der Waals surface area contributed by atoms with E-state index in [1.54, 1.807) is 19.0 Å². The fraction of sp³-hybridized carbons (Fsp3) is 0.278. The van der Waals surface area contributed by atoms with Crippen molar-refractivity contribution in [3.05, 3.63) is 71.3 Å². The van der Waals surface area contributed by atoms with Crippen LogP contribution in [-0.2, 0) is 18.4 Å². The molecule has 0 unspecified atom stereocenters. The van der Waals surface area contributed by atoms with Gasteiger partial charge in [-0.25, -0.2) is 4.79 Å². The molecule has 21 heavy (non-hydrogen) atoms. The van der Waals surface area contributed by atoms with Gasteiger partial charge in [-0.1, -0.05) is 54.6 Å². The Balaban J connectivity index is 2.00. The average molecular weight is 280 g/mol. The fourth-order valence-electron chi connectivity index (χ4n) is 3.05. The number of benzene rings is 2. The number of urea groups is 1. The highest BCUT2D eigenvalue weighted by molar-refractivity contribution is 5.75. The predicted octanol–water partition coefficient (Wildman–Crippen LogP) is 2.95. The van der Waals surface area contributed by atoms with Crippen molar-refractivity contribution in [2.75, 3.05) is 14.1 Å². The largest absolute Gasteiger partial charge is 0.331 e. The van der Waals surface area contributed by atoms with E-state index in [1.807, 2.05) is 18.2 Å². The molecule has 1 N–H and O–H groups in total. The number of hydrogen-bond acceptors (Lipinski definition) is 1. The lowest BCUT2D eigenvalue weighted by Gasteiger charge is -2.32. The van der Waals surface area contributed by atoms with Crippen molar-refractivity contribution in [2.24, 2.45) is 0 Å². The minimum absolute atomic E-state index is 0.0494. The first kappa shape index (κ1) is 13.7. The Morgan fingerprint density at radius 1 is 0.952 bits per heavy atom. The van der Waals surface area contributed by atoms with E-state index in [4.69, 9.17) is 0 Å². The Labute approximate surface area is 125 Å². The van der Waals surface area contributed by atoms with E-state index in [9.17, 15) is 4.79 Å². The molecule has 0 atom stereocenters. The molecule has 3 heteroatoms. The maximum Gasteiger partial charge on any atom is 0.317 e. The summed E-state index contributed by atoms with van der Waals surface area (Å²) in [4.78, 5) is 13.8. The summed E-state index contributed by atoms with van der Waals surface area (Å²) < 4.78 is 0. The van der Waals surface area contributed by atoms with Crippen LogP contribution in [0.3, 0.4) is 0 Å². The van der Waals surface area contributed by atoms with Gasteiger partial charge in [-0.3, -0.25) is 0 Å². The second kappa shape index (κ2) is 5.24. The maximum atomic E-state index is 12.2. The number of carbonyl (C=O) groups excluding carboxylic acids is 1. The first-order chi connectivity index (χ1) is 10.1. The highest BCUT2D eigenvalue weighted by Crippen LogP contribution is 2.37. The lowest BCUT2D eigenvalue weighted by atomic mass is 9.87. The van der Waals surface area contributed by atoms with E-state index in [0.717, 1.165) is 18.4 Å². The van der Waals surface area contributed by atoms with Crippen molar-refractivity contribution in [1.29, 1.82) is 0 Å². The Hall–Kier alpha value is -2.29. The van der Waals surface area contributed by atoms with Crippen LogP contribution >= 0.6 is 0 Å². The summed E-state index contributed by atoms with van der Waals surface area (Å²) in [6, 6.07) is 18.7. The standard InChI is InChI=1S/C18H20N2O/c1-20(2)17(21)19-18(16-10-4-3-5-11-16)12-14-8-6-7-9-15(14)13-18/h3-11H,12-13H2,1-2H3,(H,19,21). The van der Waals surface area contributed by atoms with Crippen molar-refractivity contribution < 1.29 is 4.79 Å². The summed E-state index contributed by atoms with van der Waals surface area (Å²) >= 11 is 0. The van der Waals surface area contributed by atoms with Gasteiger partial charge in [0.2, 0.25) is 0 Å². The van der Waals surface area contributed by atoms with Crippen LogP contribution in [0.1, 0.15) is 16.7 Å². The van der Waals surface area contributed by atoms with Crippen LogP contribution in [0.4, 0.5) is 4.79 Å². The van der Waals surface area contributed by atoms with Gasteiger partial charge in [-0.2, -0.15) is 0 Å². The SMILES string of the molecule is CN(C)C(=O)NC1(c2ccccc2)Cc2ccccc2C1. The summed E-state index contributed by atoms with van der Waals surface area (Å²) in [5.74, 6) is 0. The molecule has 0 bridgehead atoms. The quantitative estimate of drug-likeness (QED) is 0.901. The van der Waals surface area contributed by atoms with Crippen LogP contribution in [0.25, 0.3) is 0 Å². The van der Waals surface area contributed by atoms with Crippen LogP contribution in [0.5, 0.6) is 0 Å².